The highest BCUT2D eigenvalue weighted by Gasteiger charge is 2.34. The van der Waals surface area contributed by atoms with Crippen molar-refractivity contribution in [3.63, 3.8) is 0 Å². The third-order valence-electron chi connectivity index (χ3n) is 4.10. The van der Waals surface area contributed by atoms with Crippen LogP contribution in [0.5, 0.6) is 0 Å². The van der Waals surface area contributed by atoms with Crippen molar-refractivity contribution in [2.45, 2.75) is 40.2 Å². The molecule has 3 atom stereocenters. The summed E-state index contributed by atoms with van der Waals surface area (Å²) in [5.74, 6) is 1.94. The lowest BCUT2D eigenvalue weighted by Gasteiger charge is -2.35. The summed E-state index contributed by atoms with van der Waals surface area (Å²) in [5, 5.41) is 3.36. The second-order valence-corrected chi connectivity index (χ2v) is 6.17. The van der Waals surface area contributed by atoms with Gasteiger partial charge in [0.1, 0.15) is 0 Å². The molecular formula is C13H28N2. The summed E-state index contributed by atoms with van der Waals surface area (Å²) in [4.78, 5) is 2.50. The maximum atomic E-state index is 3.36. The highest BCUT2D eigenvalue weighted by molar-refractivity contribution is 4.87. The van der Waals surface area contributed by atoms with E-state index in [1.54, 1.807) is 0 Å². The van der Waals surface area contributed by atoms with Crippen LogP contribution < -0.4 is 5.32 Å². The summed E-state index contributed by atoms with van der Waals surface area (Å²) < 4.78 is 0. The van der Waals surface area contributed by atoms with Crippen molar-refractivity contribution in [2.75, 3.05) is 27.2 Å². The Labute approximate surface area is 95.4 Å². The van der Waals surface area contributed by atoms with Gasteiger partial charge in [-0.25, -0.2) is 0 Å². The smallest absolute Gasteiger partial charge is 0.00991 e. The van der Waals surface area contributed by atoms with Crippen LogP contribution in [0.4, 0.5) is 0 Å². The molecule has 1 aliphatic rings. The van der Waals surface area contributed by atoms with E-state index in [-0.39, 0.29) is 0 Å². The Morgan fingerprint density at radius 1 is 1.47 bits per heavy atom. The van der Waals surface area contributed by atoms with E-state index in [9.17, 15) is 0 Å². The van der Waals surface area contributed by atoms with Gasteiger partial charge in [0.2, 0.25) is 0 Å². The van der Waals surface area contributed by atoms with E-state index in [1.165, 1.54) is 19.5 Å². The summed E-state index contributed by atoms with van der Waals surface area (Å²) in [7, 11) is 4.31. The van der Waals surface area contributed by atoms with Crippen molar-refractivity contribution < 1.29 is 0 Å². The molecule has 0 radical (unpaired) electrons. The van der Waals surface area contributed by atoms with Crippen molar-refractivity contribution in [3.8, 4) is 0 Å². The van der Waals surface area contributed by atoms with E-state index in [2.05, 4.69) is 52.0 Å². The van der Waals surface area contributed by atoms with Gasteiger partial charge in [-0.2, -0.15) is 0 Å². The van der Waals surface area contributed by atoms with E-state index >= 15 is 0 Å². The first-order valence-corrected chi connectivity index (χ1v) is 6.22. The maximum absolute atomic E-state index is 3.36. The molecule has 1 N–H and O–H groups in total. The predicted molar refractivity (Wildman–Crippen MR) is 67.1 cm³/mol. The first-order chi connectivity index (χ1) is 6.86. The Balaban J connectivity index is 2.32. The fourth-order valence-electron chi connectivity index (χ4n) is 2.34. The molecule has 0 saturated heterocycles. The molecule has 2 nitrogen and oxygen atoms in total. The summed E-state index contributed by atoms with van der Waals surface area (Å²) in [6.07, 6.45) is 1.44. The van der Waals surface area contributed by atoms with Crippen LogP contribution in [-0.2, 0) is 0 Å². The first-order valence-electron chi connectivity index (χ1n) is 6.22. The van der Waals surface area contributed by atoms with Gasteiger partial charge < -0.3 is 10.2 Å². The molecule has 1 saturated carbocycles. The lowest BCUT2D eigenvalue weighted by Crippen LogP contribution is -2.45. The molecule has 0 amide bonds. The number of hydrogen-bond acceptors (Lipinski definition) is 2. The van der Waals surface area contributed by atoms with Crippen LogP contribution in [0.1, 0.15) is 34.1 Å². The van der Waals surface area contributed by atoms with Gasteiger partial charge in [0.05, 0.1) is 0 Å². The Morgan fingerprint density at radius 3 is 2.40 bits per heavy atom. The van der Waals surface area contributed by atoms with E-state index in [4.69, 9.17) is 0 Å². The number of hydrogen-bond donors (Lipinski definition) is 1. The van der Waals surface area contributed by atoms with Crippen LogP contribution in [0.15, 0.2) is 0 Å². The topological polar surface area (TPSA) is 15.3 Å². The van der Waals surface area contributed by atoms with Crippen LogP contribution in [0.3, 0.4) is 0 Å². The number of nitrogens with zero attached hydrogens (tertiary/aromatic N) is 1. The fourth-order valence-corrected chi connectivity index (χ4v) is 2.34. The van der Waals surface area contributed by atoms with E-state index in [0.29, 0.717) is 11.5 Å². The number of rotatable bonds is 6. The minimum absolute atomic E-state index is 0.349. The zero-order valence-electron chi connectivity index (χ0n) is 11.3. The van der Waals surface area contributed by atoms with Crippen molar-refractivity contribution in [1.29, 1.82) is 0 Å². The Kier molecular flexibility index (Phi) is 4.19. The second-order valence-electron chi connectivity index (χ2n) is 6.17. The SMILES string of the molecule is CNC(C)C(C)(C)CN(C)CC1CC1C. The van der Waals surface area contributed by atoms with Crippen molar-refractivity contribution >= 4 is 0 Å². The maximum Gasteiger partial charge on any atom is 0.00991 e. The van der Waals surface area contributed by atoms with E-state index < -0.39 is 0 Å². The summed E-state index contributed by atoms with van der Waals surface area (Å²) in [6.45, 7) is 11.8. The van der Waals surface area contributed by atoms with Gasteiger partial charge >= 0.3 is 0 Å². The average molecular weight is 212 g/mol. The molecule has 3 unspecified atom stereocenters. The van der Waals surface area contributed by atoms with Gasteiger partial charge in [0, 0.05) is 19.1 Å². The third-order valence-corrected chi connectivity index (χ3v) is 4.10. The zero-order chi connectivity index (χ0) is 11.6. The molecule has 90 valence electrons. The summed E-state index contributed by atoms with van der Waals surface area (Å²) in [6, 6.07) is 0.566. The average Bonchev–Trinajstić information content (AvgIpc) is 2.78. The molecule has 0 bridgehead atoms. The van der Waals surface area contributed by atoms with Crippen LogP contribution in [-0.4, -0.2) is 38.1 Å². The Hall–Kier alpha value is -0.0800. The minimum atomic E-state index is 0.349. The van der Waals surface area contributed by atoms with Gasteiger partial charge in [0.15, 0.2) is 0 Å². The van der Waals surface area contributed by atoms with Crippen LogP contribution in [0.2, 0.25) is 0 Å². The quantitative estimate of drug-likeness (QED) is 0.726. The molecule has 15 heavy (non-hydrogen) atoms. The Bertz CT molecular complexity index is 201. The largest absolute Gasteiger partial charge is 0.317 e. The van der Waals surface area contributed by atoms with Crippen molar-refractivity contribution in [3.05, 3.63) is 0 Å². The minimum Gasteiger partial charge on any atom is -0.317 e. The van der Waals surface area contributed by atoms with Gasteiger partial charge in [-0.15, -0.1) is 0 Å². The molecule has 2 heteroatoms. The third kappa shape index (κ3) is 3.76. The lowest BCUT2D eigenvalue weighted by atomic mass is 9.85. The highest BCUT2D eigenvalue weighted by Crippen LogP contribution is 2.38. The summed E-state index contributed by atoms with van der Waals surface area (Å²) >= 11 is 0. The van der Waals surface area contributed by atoms with Crippen LogP contribution in [0.25, 0.3) is 0 Å². The number of nitrogens with one attached hydrogen (secondary N) is 1. The van der Waals surface area contributed by atoms with Gasteiger partial charge in [-0.05, 0) is 44.7 Å². The monoisotopic (exact) mass is 212 g/mol. The molecule has 0 aromatic rings. The normalized spacial score (nSPS) is 28.2. The van der Waals surface area contributed by atoms with Crippen LogP contribution >= 0.6 is 0 Å². The molecule has 0 aromatic heterocycles. The lowest BCUT2D eigenvalue weighted by molar-refractivity contribution is 0.164. The van der Waals surface area contributed by atoms with Crippen molar-refractivity contribution in [2.24, 2.45) is 17.3 Å². The van der Waals surface area contributed by atoms with Gasteiger partial charge in [-0.1, -0.05) is 20.8 Å². The van der Waals surface area contributed by atoms with Gasteiger partial charge in [0.25, 0.3) is 0 Å². The molecule has 1 rings (SSSR count). The molecule has 0 heterocycles. The van der Waals surface area contributed by atoms with Crippen molar-refractivity contribution in [1.82, 2.24) is 10.2 Å². The first kappa shape index (κ1) is 13.0. The highest BCUT2D eigenvalue weighted by atomic mass is 15.1. The zero-order valence-corrected chi connectivity index (χ0v) is 11.3. The summed E-state index contributed by atoms with van der Waals surface area (Å²) in [5.41, 5.74) is 0.349. The molecule has 0 aliphatic heterocycles. The van der Waals surface area contributed by atoms with E-state index in [0.717, 1.165) is 11.8 Å². The van der Waals surface area contributed by atoms with Gasteiger partial charge in [-0.3, -0.25) is 0 Å². The molecule has 1 fully saturated rings. The molecule has 0 aromatic carbocycles. The fraction of sp³-hybridized carbons (Fsp3) is 1.00. The second kappa shape index (κ2) is 4.84. The Morgan fingerprint density at radius 2 is 2.00 bits per heavy atom. The molecule has 0 spiro atoms. The molecule has 1 aliphatic carbocycles. The standard InChI is InChI=1S/C13H28N2/c1-10-7-12(10)8-15(6)9-13(3,4)11(2)14-5/h10-12,14H,7-9H2,1-6H3. The molecular weight excluding hydrogens is 184 g/mol. The predicted octanol–water partition coefficient (Wildman–Crippen LogP) is 2.21. The van der Waals surface area contributed by atoms with E-state index in [1.807, 2.05) is 0 Å². The van der Waals surface area contributed by atoms with Crippen LogP contribution in [0, 0.1) is 17.3 Å².